The highest BCUT2D eigenvalue weighted by atomic mass is 14.6. The molecule has 2 nitrogen and oxygen atoms in total. The summed E-state index contributed by atoms with van der Waals surface area (Å²) in [6.45, 7) is 4.85. The van der Waals surface area contributed by atoms with Crippen LogP contribution in [0, 0.1) is 11.8 Å². The van der Waals surface area contributed by atoms with Gasteiger partial charge in [-0.3, -0.25) is 9.97 Å². The fraction of sp³-hybridized carbons (Fsp3) is 0.111. The van der Waals surface area contributed by atoms with E-state index >= 15 is 0 Å². The Balaban J connectivity index is 1.14. The first kappa shape index (κ1) is 33.9. The Hall–Kier alpha value is -6.64. The molecule has 1 aliphatic carbocycles. The first-order valence-electron chi connectivity index (χ1n) is 19.8. The van der Waals surface area contributed by atoms with Crippen molar-refractivity contribution in [2.45, 2.75) is 26.2 Å². The Bertz CT molecular complexity index is 2870. The number of pyridine rings is 2. The molecule has 1 aliphatic rings. The van der Waals surface area contributed by atoms with Crippen LogP contribution in [0.3, 0.4) is 0 Å². The van der Waals surface area contributed by atoms with E-state index in [4.69, 9.17) is 0 Å². The molecular formula is C54H42N2. The zero-order valence-electron chi connectivity index (χ0n) is 31.7. The molecule has 0 aliphatic heterocycles. The lowest BCUT2D eigenvalue weighted by atomic mass is 9.72. The predicted octanol–water partition coefficient (Wildman–Crippen LogP) is 14.6. The smallest absolute Gasteiger partial charge is 0.0273 e. The van der Waals surface area contributed by atoms with Gasteiger partial charge in [-0.05, 0) is 166 Å². The number of hydrogen-bond acceptors (Lipinski definition) is 2. The fourth-order valence-corrected chi connectivity index (χ4v) is 9.11. The summed E-state index contributed by atoms with van der Waals surface area (Å²) >= 11 is 0. The minimum Gasteiger partial charge on any atom is -0.265 e. The number of allylic oxidation sites excluding steroid dienone is 2. The molecule has 268 valence electrons. The quantitative estimate of drug-likeness (QED) is 0.126. The minimum atomic E-state index is 0.366. The van der Waals surface area contributed by atoms with E-state index in [2.05, 4.69) is 188 Å². The SMILES string of the molecule is CC1CC=CC(c2ccc(-c3cccc(-c4cccc(-c5cc(-c6ccncc6)cc(-c6ccncc6)c5)c4)c3)c3c4ccccc4c4ccccc4c23)C1C. The summed E-state index contributed by atoms with van der Waals surface area (Å²) in [4.78, 5) is 8.54. The van der Waals surface area contributed by atoms with Gasteiger partial charge in [-0.2, -0.15) is 0 Å². The van der Waals surface area contributed by atoms with Crippen molar-refractivity contribution >= 4 is 32.3 Å². The number of hydrogen-bond donors (Lipinski definition) is 0. The number of rotatable bonds is 6. The molecule has 0 fully saturated rings. The second-order valence-electron chi connectivity index (χ2n) is 15.5. The molecule has 0 bridgehead atoms. The van der Waals surface area contributed by atoms with Crippen LogP contribution in [0.15, 0.2) is 189 Å². The van der Waals surface area contributed by atoms with Gasteiger partial charge in [0.25, 0.3) is 0 Å². The molecule has 0 amide bonds. The van der Waals surface area contributed by atoms with Crippen molar-refractivity contribution < 1.29 is 0 Å². The third-order valence-corrected chi connectivity index (χ3v) is 12.3. The van der Waals surface area contributed by atoms with Gasteiger partial charge in [-0.15, -0.1) is 0 Å². The van der Waals surface area contributed by atoms with Crippen LogP contribution in [0.5, 0.6) is 0 Å². The first-order chi connectivity index (χ1) is 27.6. The molecule has 0 radical (unpaired) electrons. The molecule has 7 aromatic carbocycles. The van der Waals surface area contributed by atoms with E-state index in [1.54, 1.807) is 0 Å². The van der Waals surface area contributed by atoms with Crippen LogP contribution in [-0.4, -0.2) is 9.97 Å². The van der Waals surface area contributed by atoms with E-state index in [-0.39, 0.29) is 0 Å². The van der Waals surface area contributed by atoms with E-state index in [9.17, 15) is 0 Å². The van der Waals surface area contributed by atoms with Gasteiger partial charge < -0.3 is 0 Å². The van der Waals surface area contributed by atoms with E-state index in [0.717, 1.165) is 28.7 Å². The van der Waals surface area contributed by atoms with Gasteiger partial charge in [-0.25, -0.2) is 0 Å². The third-order valence-electron chi connectivity index (χ3n) is 12.3. The van der Waals surface area contributed by atoms with Crippen molar-refractivity contribution in [3.05, 3.63) is 194 Å². The minimum absolute atomic E-state index is 0.366. The molecular weight excluding hydrogens is 677 g/mol. The maximum Gasteiger partial charge on any atom is 0.0273 e. The molecule has 2 heterocycles. The standard InChI is InChI=1S/C54H42N2/c1-35-10-7-19-46(36(35)2)52-21-20-47(53-50-17-5-3-15-48(50)49-16-4-6-18-51(49)54(52)53)42-14-9-12-40(31-42)39-11-8-13-41(30-39)45-33-43(37-22-26-55-27-23-37)32-44(34-45)38-24-28-56-29-25-38/h3-9,11-36,46H,10H2,1-2H3. The molecule has 0 saturated heterocycles. The van der Waals surface area contributed by atoms with Crippen LogP contribution in [0.25, 0.3) is 88.0 Å². The molecule has 3 atom stereocenters. The van der Waals surface area contributed by atoms with Crippen molar-refractivity contribution in [2.24, 2.45) is 11.8 Å². The summed E-state index contributed by atoms with van der Waals surface area (Å²) in [5.74, 6) is 1.56. The molecule has 0 spiro atoms. The van der Waals surface area contributed by atoms with Crippen molar-refractivity contribution in [1.29, 1.82) is 0 Å². The average Bonchev–Trinajstić information content (AvgIpc) is 3.27. The Morgan fingerprint density at radius 1 is 0.411 bits per heavy atom. The van der Waals surface area contributed by atoms with Crippen LogP contribution in [0.2, 0.25) is 0 Å². The van der Waals surface area contributed by atoms with Crippen molar-refractivity contribution in [1.82, 2.24) is 9.97 Å². The van der Waals surface area contributed by atoms with Crippen LogP contribution in [0.4, 0.5) is 0 Å². The molecule has 0 saturated carbocycles. The van der Waals surface area contributed by atoms with E-state index in [1.165, 1.54) is 71.3 Å². The van der Waals surface area contributed by atoms with E-state index in [1.807, 2.05) is 24.8 Å². The van der Waals surface area contributed by atoms with Gasteiger partial charge in [0.15, 0.2) is 0 Å². The molecule has 56 heavy (non-hydrogen) atoms. The lowest BCUT2D eigenvalue weighted by Gasteiger charge is -2.32. The second-order valence-corrected chi connectivity index (χ2v) is 15.5. The van der Waals surface area contributed by atoms with E-state index < -0.39 is 0 Å². The number of aromatic nitrogens is 2. The van der Waals surface area contributed by atoms with E-state index in [0.29, 0.717) is 17.8 Å². The van der Waals surface area contributed by atoms with Gasteiger partial charge in [0.2, 0.25) is 0 Å². The largest absolute Gasteiger partial charge is 0.265 e. The Kier molecular flexibility index (Phi) is 8.60. The Morgan fingerprint density at radius 3 is 1.46 bits per heavy atom. The number of nitrogens with zero attached hydrogens (tertiary/aromatic N) is 2. The molecule has 10 rings (SSSR count). The highest BCUT2D eigenvalue weighted by Crippen LogP contribution is 2.47. The molecule has 2 aromatic heterocycles. The fourth-order valence-electron chi connectivity index (χ4n) is 9.11. The van der Waals surface area contributed by atoms with Gasteiger partial charge in [0, 0.05) is 30.7 Å². The van der Waals surface area contributed by atoms with Crippen molar-refractivity contribution in [3.8, 4) is 55.6 Å². The van der Waals surface area contributed by atoms with Gasteiger partial charge in [0.05, 0.1) is 0 Å². The lowest BCUT2D eigenvalue weighted by molar-refractivity contribution is 0.345. The van der Waals surface area contributed by atoms with Crippen LogP contribution in [-0.2, 0) is 0 Å². The maximum absolute atomic E-state index is 4.27. The Morgan fingerprint density at radius 2 is 0.875 bits per heavy atom. The highest BCUT2D eigenvalue weighted by molar-refractivity contribution is 6.29. The summed E-state index contributed by atoms with van der Waals surface area (Å²) < 4.78 is 0. The lowest BCUT2D eigenvalue weighted by Crippen LogP contribution is -2.19. The highest BCUT2D eigenvalue weighted by Gasteiger charge is 2.28. The summed E-state index contributed by atoms with van der Waals surface area (Å²) in [5, 5.41) is 8.00. The van der Waals surface area contributed by atoms with Crippen LogP contribution >= 0.6 is 0 Å². The normalized spacial score (nSPS) is 16.8. The first-order valence-corrected chi connectivity index (χ1v) is 19.8. The van der Waals surface area contributed by atoms with Gasteiger partial charge in [0.1, 0.15) is 0 Å². The second kappa shape index (κ2) is 14.2. The topological polar surface area (TPSA) is 25.8 Å². The average molecular weight is 719 g/mol. The summed E-state index contributed by atoms with van der Waals surface area (Å²) in [5.41, 5.74) is 13.3. The van der Waals surface area contributed by atoms with Crippen LogP contribution < -0.4 is 0 Å². The molecule has 3 unspecified atom stereocenters. The molecule has 9 aromatic rings. The molecule has 0 N–H and O–H groups in total. The number of benzene rings is 7. The zero-order valence-corrected chi connectivity index (χ0v) is 31.7. The van der Waals surface area contributed by atoms with Gasteiger partial charge in [-0.1, -0.05) is 123 Å². The van der Waals surface area contributed by atoms with Crippen molar-refractivity contribution in [3.63, 3.8) is 0 Å². The summed E-state index contributed by atoms with van der Waals surface area (Å²) in [6.07, 6.45) is 13.5. The summed E-state index contributed by atoms with van der Waals surface area (Å²) in [7, 11) is 0. The van der Waals surface area contributed by atoms with Crippen LogP contribution in [0.1, 0.15) is 31.7 Å². The summed E-state index contributed by atoms with van der Waals surface area (Å²) in [6, 6.07) is 56.1. The number of fused-ring (bicyclic) bond motifs is 6. The maximum atomic E-state index is 4.27. The predicted molar refractivity (Wildman–Crippen MR) is 237 cm³/mol. The zero-order chi connectivity index (χ0) is 37.6. The van der Waals surface area contributed by atoms with Gasteiger partial charge >= 0.3 is 0 Å². The third kappa shape index (κ3) is 5.99. The monoisotopic (exact) mass is 718 g/mol. The van der Waals surface area contributed by atoms with Crippen molar-refractivity contribution in [2.75, 3.05) is 0 Å². The molecule has 2 heteroatoms. The Labute approximate surface area is 328 Å².